The zero-order chi connectivity index (χ0) is 13.2. The minimum atomic E-state index is 0.511. The number of allylic oxidation sites excluding steroid dienone is 1. The Bertz CT molecular complexity index is 285. The predicted molar refractivity (Wildman–Crippen MR) is 79.7 cm³/mol. The minimum Gasteiger partial charge on any atom is -0.310 e. The summed E-state index contributed by atoms with van der Waals surface area (Å²) in [5.74, 6) is 1.79. The molecule has 0 aromatic heterocycles. The maximum atomic E-state index is 3.61. The average molecular weight is 249 g/mol. The van der Waals surface area contributed by atoms with Crippen LogP contribution < -0.4 is 5.32 Å². The number of nitrogens with one attached hydrogen (secondary N) is 1. The summed E-state index contributed by atoms with van der Waals surface area (Å²) < 4.78 is 0. The molecule has 1 nitrogen and oxygen atoms in total. The van der Waals surface area contributed by atoms with Crippen molar-refractivity contribution in [2.24, 2.45) is 17.3 Å². The Morgan fingerprint density at radius 2 is 1.67 bits per heavy atom. The van der Waals surface area contributed by atoms with E-state index in [1.165, 1.54) is 38.5 Å². The van der Waals surface area contributed by atoms with Crippen LogP contribution in [0, 0.1) is 17.3 Å². The largest absolute Gasteiger partial charge is 0.310 e. The minimum absolute atomic E-state index is 0.511. The van der Waals surface area contributed by atoms with Crippen molar-refractivity contribution in [1.82, 2.24) is 5.32 Å². The van der Waals surface area contributed by atoms with Crippen molar-refractivity contribution in [2.75, 3.05) is 6.54 Å². The monoisotopic (exact) mass is 249 g/mol. The molecule has 0 aromatic rings. The van der Waals surface area contributed by atoms with Crippen LogP contribution in [0.25, 0.3) is 0 Å². The molecule has 18 heavy (non-hydrogen) atoms. The number of hydrogen-bond acceptors (Lipinski definition) is 1. The summed E-state index contributed by atoms with van der Waals surface area (Å²) in [6.07, 6.45) is 11.0. The molecule has 2 fully saturated rings. The highest BCUT2D eigenvalue weighted by atomic mass is 14.9. The molecule has 1 heteroatoms. The van der Waals surface area contributed by atoms with Gasteiger partial charge in [-0.05, 0) is 62.7 Å². The van der Waals surface area contributed by atoms with Crippen molar-refractivity contribution in [2.45, 2.75) is 72.3 Å². The molecule has 1 N–H and O–H groups in total. The van der Waals surface area contributed by atoms with Crippen LogP contribution in [0.5, 0.6) is 0 Å². The summed E-state index contributed by atoms with van der Waals surface area (Å²) in [5.41, 5.74) is 2.07. The van der Waals surface area contributed by atoms with Crippen LogP contribution in [0.4, 0.5) is 0 Å². The van der Waals surface area contributed by atoms with Crippen LogP contribution in [0.1, 0.15) is 66.2 Å². The molecule has 0 amide bonds. The molecule has 0 spiro atoms. The van der Waals surface area contributed by atoms with Gasteiger partial charge >= 0.3 is 0 Å². The van der Waals surface area contributed by atoms with E-state index in [4.69, 9.17) is 0 Å². The van der Waals surface area contributed by atoms with Gasteiger partial charge < -0.3 is 5.32 Å². The quantitative estimate of drug-likeness (QED) is 0.721. The fourth-order valence-electron chi connectivity index (χ4n) is 3.21. The highest BCUT2D eigenvalue weighted by molar-refractivity contribution is 5.05. The topological polar surface area (TPSA) is 12.0 Å². The van der Waals surface area contributed by atoms with Crippen molar-refractivity contribution in [3.8, 4) is 0 Å². The van der Waals surface area contributed by atoms with Gasteiger partial charge in [0.25, 0.3) is 0 Å². The number of hydrogen-bond donors (Lipinski definition) is 1. The smallest absolute Gasteiger partial charge is 0.0164 e. The highest BCUT2D eigenvalue weighted by Gasteiger charge is 2.29. The Labute approximate surface area is 113 Å². The van der Waals surface area contributed by atoms with Gasteiger partial charge in [0.1, 0.15) is 0 Å². The van der Waals surface area contributed by atoms with Crippen molar-refractivity contribution in [3.05, 3.63) is 11.6 Å². The predicted octanol–water partition coefficient (Wildman–Crippen LogP) is 4.54. The Morgan fingerprint density at radius 3 is 2.17 bits per heavy atom. The molecule has 0 unspecified atom stereocenters. The van der Waals surface area contributed by atoms with E-state index < -0.39 is 0 Å². The van der Waals surface area contributed by atoms with Gasteiger partial charge in [-0.15, -0.1) is 0 Å². The first-order valence-corrected chi connectivity index (χ1v) is 7.86. The van der Waals surface area contributed by atoms with E-state index in [0.29, 0.717) is 5.41 Å². The molecule has 0 aromatic carbocycles. The lowest BCUT2D eigenvalue weighted by atomic mass is 9.69. The molecular formula is C17H31N. The highest BCUT2D eigenvalue weighted by Crippen LogP contribution is 2.40. The Hall–Kier alpha value is -0.300. The fourth-order valence-corrected chi connectivity index (χ4v) is 3.21. The first kappa shape index (κ1) is 14.1. The van der Waals surface area contributed by atoms with Crippen LogP contribution in [-0.4, -0.2) is 12.6 Å². The van der Waals surface area contributed by atoms with Crippen molar-refractivity contribution < 1.29 is 0 Å². The van der Waals surface area contributed by atoms with Gasteiger partial charge in [-0.3, -0.25) is 0 Å². The summed E-state index contributed by atoms with van der Waals surface area (Å²) in [6.45, 7) is 10.6. The summed E-state index contributed by atoms with van der Waals surface area (Å²) in [4.78, 5) is 0. The fraction of sp³-hybridized carbons (Fsp3) is 0.882. The molecule has 0 radical (unpaired) electrons. The van der Waals surface area contributed by atoms with Gasteiger partial charge in [0.05, 0.1) is 0 Å². The van der Waals surface area contributed by atoms with Gasteiger partial charge in [0.15, 0.2) is 0 Å². The third kappa shape index (κ3) is 4.42. The first-order valence-electron chi connectivity index (χ1n) is 7.86. The molecule has 2 aliphatic carbocycles. The summed E-state index contributed by atoms with van der Waals surface area (Å²) >= 11 is 0. The van der Waals surface area contributed by atoms with Gasteiger partial charge in [-0.25, -0.2) is 0 Å². The van der Waals surface area contributed by atoms with Gasteiger partial charge in [0.2, 0.25) is 0 Å². The van der Waals surface area contributed by atoms with Gasteiger partial charge in [0, 0.05) is 12.6 Å². The van der Waals surface area contributed by atoms with E-state index in [0.717, 1.165) is 24.4 Å². The zero-order valence-electron chi connectivity index (χ0n) is 12.8. The van der Waals surface area contributed by atoms with E-state index in [2.05, 4.69) is 39.1 Å². The molecule has 0 atom stereocenters. The molecular weight excluding hydrogens is 218 g/mol. The zero-order valence-corrected chi connectivity index (χ0v) is 12.8. The standard InChI is InChI=1S/C17H31N/c1-13(12-18-16-9-10-16)11-14-5-7-15(8-6-14)17(2,3)4/h11,14-16,18H,5-10,12H2,1-4H3. The van der Waals surface area contributed by atoms with Crippen LogP contribution in [-0.2, 0) is 0 Å². The van der Waals surface area contributed by atoms with E-state index in [1.54, 1.807) is 5.57 Å². The second-order valence-corrected chi connectivity index (χ2v) is 7.65. The Kier molecular flexibility index (Phi) is 4.53. The van der Waals surface area contributed by atoms with Crippen molar-refractivity contribution in [3.63, 3.8) is 0 Å². The molecule has 2 saturated carbocycles. The van der Waals surface area contributed by atoms with E-state index in [9.17, 15) is 0 Å². The van der Waals surface area contributed by atoms with Crippen LogP contribution in [0.3, 0.4) is 0 Å². The second-order valence-electron chi connectivity index (χ2n) is 7.65. The molecule has 2 aliphatic rings. The third-order valence-corrected chi connectivity index (χ3v) is 4.76. The Balaban J connectivity index is 1.73. The van der Waals surface area contributed by atoms with Crippen LogP contribution >= 0.6 is 0 Å². The lowest BCUT2D eigenvalue weighted by molar-refractivity contribution is 0.162. The lowest BCUT2D eigenvalue weighted by Gasteiger charge is -2.36. The van der Waals surface area contributed by atoms with Crippen molar-refractivity contribution >= 4 is 0 Å². The summed E-state index contributed by atoms with van der Waals surface area (Å²) in [6, 6.07) is 0.838. The van der Waals surface area contributed by atoms with E-state index >= 15 is 0 Å². The van der Waals surface area contributed by atoms with Crippen molar-refractivity contribution in [1.29, 1.82) is 0 Å². The lowest BCUT2D eigenvalue weighted by Crippen LogP contribution is -2.25. The van der Waals surface area contributed by atoms with Crippen LogP contribution in [0.15, 0.2) is 11.6 Å². The average Bonchev–Trinajstić information content (AvgIpc) is 3.09. The maximum absolute atomic E-state index is 3.61. The molecule has 0 heterocycles. The molecule has 0 saturated heterocycles. The van der Waals surface area contributed by atoms with E-state index in [-0.39, 0.29) is 0 Å². The molecule has 2 rings (SSSR count). The third-order valence-electron chi connectivity index (χ3n) is 4.76. The summed E-state index contributed by atoms with van der Waals surface area (Å²) in [7, 11) is 0. The normalized spacial score (nSPS) is 30.6. The van der Waals surface area contributed by atoms with Gasteiger partial charge in [-0.2, -0.15) is 0 Å². The first-order chi connectivity index (χ1) is 8.45. The summed E-state index contributed by atoms with van der Waals surface area (Å²) in [5, 5.41) is 3.61. The maximum Gasteiger partial charge on any atom is 0.0164 e. The molecule has 0 aliphatic heterocycles. The molecule has 104 valence electrons. The second kappa shape index (κ2) is 5.77. The van der Waals surface area contributed by atoms with E-state index in [1.807, 2.05) is 0 Å². The van der Waals surface area contributed by atoms with Gasteiger partial charge in [-0.1, -0.05) is 32.4 Å². The Morgan fingerprint density at radius 1 is 1.06 bits per heavy atom. The van der Waals surface area contributed by atoms with Crippen LogP contribution in [0.2, 0.25) is 0 Å². The molecule has 0 bridgehead atoms. The SMILES string of the molecule is CC(=CC1CCC(C(C)(C)C)CC1)CNC1CC1. The number of rotatable bonds is 4.